The molecule has 0 fully saturated rings. The third-order valence-corrected chi connectivity index (χ3v) is 3.83. The number of hydrogen-bond donors (Lipinski definition) is 3. The van der Waals surface area contributed by atoms with Crippen molar-refractivity contribution in [1.29, 1.82) is 0 Å². The van der Waals surface area contributed by atoms with Gasteiger partial charge < -0.3 is 16.0 Å². The van der Waals surface area contributed by atoms with Gasteiger partial charge in [-0.3, -0.25) is 4.79 Å². The lowest BCUT2D eigenvalue weighted by molar-refractivity contribution is -0.124. The maximum absolute atomic E-state index is 11.5. The van der Waals surface area contributed by atoms with Crippen molar-refractivity contribution in [1.82, 2.24) is 15.3 Å². The fourth-order valence-corrected chi connectivity index (χ4v) is 2.39. The van der Waals surface area contributed by atoms with Gasteiger partial charge in [-0.25, -0.2) is 4.98 Å². The van der Waals surface area contributed by atoms with Gasteiger partial charge in [0.05, 0.1) is 5.54 Å². The number of H-pyrrole nitrogens is 1. The topological polar surface area (TPSA) is 83.8 Å². The number of aromatic nitrogens is 2. The maximum Gasteiger partial charge on any atom is 0.237 e. The first-order valence-corrected chi connectivity index (χ1v) is 7.24. The molecule has 0 radical (unpaired) electrons. The lowest BCUT2D eigenvalue weighted by Crippen LogP contribution is -2.53. The maximum atomic E-state index is 11.5. The van der Waals surface area contributed by atoms with E-state index in [2.05, 4.69) is 22.2 Å². The Morgan fingerprint density at radius 2 is 2.44 bits per heavy atom. The van der Waals surface area contributed by atoms with E-state index in [1.165, 1.54) is 0 Å². The van der Waals surface area contributed by atoms with Crippen LogP contribution in [0.4, 0.5) is 0 Å². The molecule has 1 unspecified atom stereocenters. The molecule has 1 heterocycles. The standard InChI is InChI=1S/C12H22N4OS/c1-3-6-16-12(2,10(13)17)5-4-9-18-11-14-7-8-15-11/h7-8,16H,3-6,9H2,1-2H3,(H2,13,17)(H,14,15). The number of aromatic amines is 1. The van der Waals surface area contributed by atoms with Crippen LogP contribution in [0.2, 0.25) is 0 Å². The highest BCUT2D eigenvalue weighted by atomic mass is 32.2. The van der Waals surface area contributed by atoms with Crippen LogP contribution in [-0.4, -0.2) is 33.7 Å². The molecule has 0 spiro atoms. The van der Waals surface area contributed by atoms with Crippen molar-refractivity contribution in [3.8, 4) is 0 Å². The Morgan fingerprint density at radius 3 is 3.00 bits per heavy atom. The number of nitrogens with two attached hydrogens (primary N) is 1. The number of amides is 1. The summed E-state index contributed by atoms with van der Waals surface area (Å²) in [7, 11) is 0. The minimum absolute atomic E-state index is 0.279. The van der Waals surface area contributed by atoms with Crippen LogP contribution in [0.15, 0.2) is 17.6 Å². The predicted octanol–water partition coefficient (Wildman–Crippen LogP) is 1.53. The molecule has 0 aliphatic rings. The molecule has 0 aromatic carbocycles. The highest BCUT2D eigenvalue weighted by molar-refractivity contribution is 7.99. The molecule has 6 heteroatoms. The quantitative estimate of drug-likeness (QED) is 0.469. The van der Waals surface area contributed by atoms with E-state index < -0.39 is 5.54 Å². The zero-order valence-electron chi connectivity index (χ0n) is 11.0. The molecule has 0 aliphatic heterocycles. The number of thioether (sulfide) groups is 1. The molecular formula is C12H22N4OS. The molecule has 1 rings (SSSR count). The summed E-state index contributed by atoms with van der Waals surface area (Å²) in [6.45, 7) is 4.76. The highest BCUT2D eigenvalue weighted by Crippen LogP contribution is 2.18. The number of carbonyl (C=O) groups is 1. The second kappa shape index (κ2) is 7.43. The van der Waals surface area contributed by atoms with Gasteiger partial charge in [0, 0.05) is 18.1 Å². The monoisotopic (exact) mass is 270 g/mol. The van der Waals surface area contributed by atoms with E-state index in [-0.39, 0.29) is 5.91 Å². The summed E-state index contributed by atoms with van der Waals surface area (Å²) in [6, 6.07) is 0. The lowest BCUT2D eigenvalue weighted by atomic mass is 9.95. The van der Waals surface area contributed by atoms with Crippen molar-refractivity contribution < 1.29 is 4.79 Å². The Bertz CT molecular complexity index is 355. The third kappa shape index (κ3) is 4.70. The number of primary amides is 1. The van der Waals surface area contributed by atoms with Crippen molar-refractivity contribution in [2.24, 2.45) is 5.73 Å². The van der Waals surface area contributed by atoms with Gasteiger partial charge in [0.1, 0.15) is 0 Å². The molecule has 18 heavy (non-hydrogen) atoms. The summed E-state index contributed by atoms with van der Waals surface area (Å²) in [4.78, 5) is 18.7. The minimum Gasteiger partial charge on any atom is -0.368 e. The average molecular weight is 270 g/mol. The van der Waals surface area contributed by atoms with Crippen LogP contribution >= 0.6 is 11.8 Å². The van der Waals surface area contributed by atoms with Crippen molar-refractivity contribution in [3.05, 3.63) is 12.4 Å². The van der Waals surface area contributed by atoms with Gasteiger partial charge in [0.15, 0.2) is 5.16 Å². The van der Waals surface area contributed by atoms with E-state index in [1.807, 2.05) is 6.92 Å². The summed E-state index contributed by atoms with van der Waals surface area (Å²) in [6.07, 6.45) is 6.19. The first-order chi connectivity index (χ1) is 8.58. The Morgan fingerprint density at radius 1 is 1.67 bits per heavy atom. The van der Waals surface area contributed by atoms with Crippen molar-refractivity contribution in [3.63, 3.8) is 0 Å². The van der Waals surface area contributed by atoms with E-state index >= 15 is 0 Å². The van der Waals surface area contributed by atoms with Gasteiger partial charge in [-0.15, -0.1) is 0 Å². The lowest BCUT2D eigenvalue weighted by Gasteiger charge is -2.27. The molecule has 5 nitrogen and oxygen atoms in total. The summed E-state index contributed by atoms with van der Waals surface area (Å²) in [5, 5.41) is 4.15. The number of imidazole rings is 1. The van der Waals surface area contributed by atoms with Crippen LogP contribution in [-0.2, 0) is 4.79 Å². The first-order valence-electron chi connectivity index (χ1n) is 6.25. The summed E-state index contributed by atoms with van der Waals surface area (Å²) >= 11 is 1.66. The van der Waals surface area contributed by atoms with Crippen LogP contribution < -0.4 is 11.1 Å². The van der Waals surface area contributed by atoms with Crippen molar-refractivity contribution in [2.75, 3.05) is 12.3 Å². The fraction of sp³-hybridized carbons (Fsp3) is 0.667. The Hall–Kier alpha value is -1.01. The molecule has 1 atom stereocenters. The van der Waals surface area contributed by atoms with Crippen LogP contribution in [0.1, 0.15) is 33.1 Å². The molecule has 102 valence electrons. The van der Waals surface area contributed by atoms with E-state index in [1.54, 1.807) is 24.2 Å². The Kier molecular flexibility index (Phi) is 6.21. The molecule has 1 aromatic heterocycles. The smallest absolute Gasteiger partial charge is 0.237 e. The van der Waals surface area contributed by atoms with Crippen LogP contribution in [0.25, 0.3) is 0 Å². The van der Waals surface area contributed by atoms with E-state index in [0.29, 0.717) is 0 Å². The van der Waals surface area contributed by atoms with E-state index in [4.69, 9.17) is 5.73 Å². The Labute approximate surface area is 112 Å². The van der Waals surface area contributed by atoms with E-state index in [0.717, 1.165) is 36.7 Å². The zero-order chi connectivity index (χ0) is 13.4. The first kappa shape index (κ1) is 15.0. The van der Waals surface area contributed by atoms with Crippen molar-refractivity contribution in [2.45, 2.75) is 43.8 Å². The number of rotatable bonds is 9. The second-order valence-electron chi connectivity index (χ2n) is 4.47. The molecule has 0 saturated heterocycles. The van der Waals surface area contributed by atoms with E-state index in [9.17, 15) is 4.79 Å². The van der Waals surface area contributed by atoms with Crippen LogP contribution in [0.5, 0.6) is 0 Å². The second-order valence-corrected chi connectivity index (χ2v) is 5.55. The SMILES string of the molecule is CCCNC(C)(CCCSc1ncc[nH]1)C(N)=O. The minimum atomic E-state index is -0.597. The highest BCUT2D eigenvalue weighted by Gasteiger charge is 2.29. The number of hydrogen-bond acceptors (Lipinski definition) is 4. The average Bonchev–Trinajstić information content (AvgIpc) is 2.85. The molecule has 4 N–H and O–H groups in total. The molecule has 1 aromatic rings. The number of nitrogens with one attached hydrogen (secondary N) is 2. The molecule has 0 aliphatic carbocycles. The molecule has 0 saturated carbocycles. The molecule has 0 bridgehead atoms. The zero-order valence-corrected chi connectivity index (χ0v) is 11.8. The molecule has 1 amide bonds. The fourth-order valence-electron chi connectivity index (χ4n) is 1.62. The normalized spacial score (nSPS) is 14.3. The largest absolute Gasteiger partial charge is 0.368 e. The summed E-state index contributed by atoms with van der Waals surface area (Å²) < 4.78 is 0. The van der Waals surface area contributed by atoms with Gasteiger partial charge >= 0.3 is 0 Å². The Balaban J connectivity index is 2.31. The molecular weight excluding hydrogens is 248 g/mol. The third-order valence-electron chi connectivity index (χ3n) is 2.84. The van der Waals surface area contributed by atoms with Gasteiger partial charge in [-0.2, -0.15) is 0 Å². The number of nitrogens with zero attached hydrogens (tertiary/aromatic N) is 1. The van der Waals surface area contributed by atoms with Crippen molar-refractivity contribution >= 4 is 17.7 Å². The van der Waals surface area contributed by atoms with Gasteiger partial charge in [0.25, 0.3) is 0 Å². The summed E-state index contributed by atoms with van der Waals surface area (Å²) in [5.41, 5.74) is 4.86. The summed E-state index contributed by atoms with van der Waals surface area (Å²) in [5.74, 6) is 0.642. The predicted molar refractivity (Wildman–Crippen MR) is 74.4 cm³/mol. The van der Waals surface area contributed by atoms with Crippen LogP contribution in [0.3, 0.4) is 0 Å². The van der Waals surface area contributed by atoms with Gasteiger partial charge in [0.2, 0.25) is 5.91 Å². The van der Waals surface area contributed by atoms with Crippen LogP contribution in [0, 0.1) is 0 Å². The van der Waals surface area contributed by atoms with Gasteiger partial charge in [-0.1, -0.05) is 18.7 Å². The van der Waals surface area contributed by atoms with Gasteiger partial charge in [-0.05, 0) is 32.7 Å². The number of carbonyl (C=O) groups excluding carboxylic acids is 1.